The van der Waals surface area contributed by atoms with Gasteiger partial charge in [0.15, 0.2) is 0 Å². The molecule has 0 aliphatic rings. The fraction of sp³-hybridized carbons (Fsp3) is 0.213. The number of aryl methyl sites for hydroxylation is 1. The first-order valence-corrected chi connectivity index (χ1v) is 22.0. The average molecular weight is 860 g/mol. The van der Waals surface area contributed by atoms with Gasteiger partial charge in [-0.05, 0) is 116 Å². The molecule has 0 atom stereocenters. The number of pyridine rings is 1. The molecule has 2 heterocycles. The van der Waals surface area contributed by atoms with Crippen molar-refractivity contribution >= 4 is 11.0 Å². The molecule has 2 aromatic heterocycles. The van der Waals surface area contributed by atoms with Crippen molar-refractivity contribution in [1.29, 1.82) is 0 Å². The maximum atomic E-state index is 12.7. The third-order valence-electron chi connectivity index (χ3n) is 12.1. The molecule has 0 radical (unpaired) electrons. The first kappa shape index (κ1) is 32.6. The summed E-state index contributed by atoms with van der Waals surface area (Å²) in [4.78, 5) is 10.4. The van der Waals surface area contributed by atoms with Crippen LogP contribution in [0.1, 0.15) is 98.3 Å². The summed E-state index contributed by atoms with van der Waals surface area (Å²) in [5.41, 5.74) is 9.61. The maximum absolute atomic E-state index is 12.7. The van der Waals surface area contributed by atoms with Crippen molar-refractivity contribution in [2.75, 3.05) is 0 Å². The normalized spacial score (nSPS) is 14.4. The van der Waals surface area contributed by atoms with Crippen LogP contribution >= 0.6 is 0 Å². The van der Waals surface area contributed by atoms with Crippen molar-refractivity contribution in [3.63, 3.8) is 0 Å². The monoisotopic (exact) mass is 860 g/mol. The quantitative estimate of drug-likeness (QED) is 0.174. The van der Waals surface area contributed by atoms with Crippen LogP contribution in [0.5, 0.6) is 5.75 Å². The number of hydrogen-bond donors (Lipinski definition) is 1. The van der Waals surface area contributed by atoms with E-state index in [4.69, 9.17) is 20.9 Å². The minimum atomic E-state index is -0.594. The maximum Gasteiger partial charge on any atom is 0.149 e. The van der Waals surface area contributed by atoms with Crippen LogP contribution in [-0.2, 0) is 16.2 Å². The van der Waals surface area contributed by atoms with Gasteiger partial charge < -0.3 is 5.11 Å². The highest BCUT2D eigenvalue weighted by Gasteiger charge is 2.30. The lowest BCUT2D eigenvalue weighted by molar-refractivity contribution is 0.446. The van der Waals surface area contributed by atoms with Gasteiger partial charge >= 0.3 is 0 Å². The Morgan fingerprint density at radius 1 is 0.508 bits per heavy atom. The van der Waals surface area contributed by atoms with E-state index in [1.165, 1.54) is 6.07 Å². The van der Waals surface area contributed by atoms with Crippen LogP contribution in [0, 0.1) is 6.92 Å². The molecular formula is C61H59N3O. The highest BCUT2D eigenvalue weighted by atomic mass is 16.3. The zero-order chi connectivity index (χ0) is 54.5. The summed E-state index contributed by atoms with van der Waals surface area (Å²) >= 11 is 0. The number of nitrogens with zero attached hydrogens (tertiary/aromatic N) is 3. The van der Waals surface area contributed by atoms with Crippen molar-refractivity contribution in [2.24, 2.45) is 0 Å². The smallest absolute Gasteiger partial charge is 0.149 e. The molecular weight excluding hydrogens is 791 g/mol. The number of phenols is 1. The second-order valence-corrected chi connectivity index (χ2v) is 19.9. The number of fused-ring (bicyclic) bond motifs is 1. The molecule has 0 aliphatic carbocycles. The molecule has 0 spiro atoms. The fourth-order valence-corrected chi connectivity index (χ4v) is 8.31. The van der Waals surface area contributed by atoms with E-state index in [1.54, 1.807) is 12.1 Å². The van der Waals surface area contributed by atoms with Crippen LogP contribution in [0.4, 0.5) is 0 Å². The molecule has 0 saturated heterocycles. The van der Waals surface area contributed by atoms with E-state index >= 15 is 0 Å². The van der Waals surface area contributed by atoms with Gasteiger partial charge in [0.05, 0.1) is 41.7 Å². The summed E-state index contributed by atoms with van der Waals surface area (Å²) < 4.78 is 90.0. The molecule has 0 aliphatic heterocycles. The fourth-order valence-electron chi connectivity index (χ4n) is 8.31. The van der Waals surface area contributed by atoms with Gasteiger partial charge in [-0.1, -0.05) is 183 Å². The van der Waals surface area contributed by atoms with Crippen LogP contribution in [0.2, 0.25) is 0 Å². The molecule has 1 N–H and O–H groups in total. The van der Waals surface area contributed by atoms with Gasteiger partial charge in [-0.15, -0.1) is 0 Å². The SMILES string of the molecule is [2H]c1c([2H])c([2H])c(-c2ccc(-n3c(-c4cc(C(C)(C)C)cc(C(C)(C)C)c4O)nc4c(-c5cc(-c6cc(-c7ccc(C)cc7)ccn6)cc(C(C)(C)C)c5)cccc43)c(-c3c([2H])c([2H])c([2H])c([2H])c3[2H])c2)c([2H])c1[2H]. The minimum absolute atomic E-state index is 0.00901. The van der Waals surface area contributed by atoms with Gasteiger partial charge in [0, 0.05) is 28.5 Å². The number of aromatic nitrogens is 3. The predicted octanol–water partition coefficient (Wildman–Crippen LogP) is 16.3. The number of imidazole rings is 1. The average Bonchev–Trinajstić information content (AvgIpc) is 3.76. The molecule has 0 fully saturated rings. The number of aromatic hydroxyl groups is 1. The topological polar surface area (TPSA) is 50.9 Å². The Hall–Kier alpha value is -7.04. The van der Waals surface area contributed by atoms with Gasteiger partial charge in [-0.25, -0.2) is 4.98 Å². The lowest BCUT2D eigenvalue weighted by Gasteiger charge is -2.27. The number of hydrogen-bond acceptors (Lipinski definition) is 3. The Morgan fingerprint density at radius 2 is 1.12 bits per heavy atom. The zero-order valence-electron chi connectivity index (χ0n) is 48.7. The van der Waals surface area contributed by atoms with Gasteiger partial charge in [-0.2, -0.15) is 0 Å². The van der Waals surface area contributed by atoms with E-state index < -0.39 is 71.3 Å². The second-order valence-electron chi connectivity index (χ2n) is 19.9. The highest BCUT2D eigenvalue weighted by Crippen LogP contribution is 2.46. The van der Waals surface area contributed by atoms with Crippen molar-refractivity contribution in [2.45, 2.75) is 85.5 Å². The van der Waals surface area contributed by atoms with Crippen molar-refractivity contribution in [1.82, 2.24) is 14.5 Å². The first-order chi connectivity index (χ1) is 35.1. The molecule has 0 bridgehead atoms. The molecule has 9 rings (SSSR count). The Labute approximate surface area is 399 Å². The Balaban J connectivity index is 1.43. The predicted molar refractivity (Wildman–Crippen MR) is 274 cm³/mol. The molecule has 0 amide bonds. The van der Waals surface area contributed by atoms with Gasteiger partial charge in [0.1, 0.15) is 11.6 Å². The minimum Gasteiger partial charge on any atom is -0.507 e. The number of para-hydroxylation sites is 1. The van der Waals surface area contributed by atoms with E-state index in [0.29, 0.717) is 27.8 Å². The van der Waals surface area contributed by atoms with Gasteiger partial charge in [-0.3, -0.25) is 9.55 Å². The molecule has 324 valence electrons. The zero-order valence-corrected chi connectivity index (χ0v) is 38.7. The van der Waals surface area contributed by atoms with E-state index in [1.807, 2.05) is 67.9 Å². The standard InChI is InChI=1S/C61H59N3O/c1-39-24-26-41(27-25-39)44-30-31-62-53(36-44)46-32-45(33-47(34-46)59(2,3)4)49-22-17-23-55-56(49)63-58(51-37-48(60(5,6)7)38-52(57(51)65)61(8,9)10)64(55)54-29-28-43(40-18-13-11-14-19-40)35-50(54)42-20-15-12-16-21-42/h11-38,65H,1-10H3/i11D,12D,13D,14D,15D,16D,18D,19D,20D,21D. The Bertz CT molecular complexity index is 3750. The van der Waals surface area contributed by atoms with Crippen molar-refractivity contribution in [3.8, 4) is 78.6 Å². The van der Waals surface area contributed by atoms with Crippen LogP contribution in [-0.4, -0.2) is 19.6 Å². The summed E-state index contributed by atoms with van der Waals surface area (Å²) in [6.07, 6.45) is 1.82. The number of phenolic OH excluding ortho intramolecular Hbond substituents is 1. The van der Waals surface area contributed by atoms with Crippen LogP contribution < -0.4 is 0 Å². The van der Waals surface area contributed by atoms with Crippen molar-refractivity contribution in [3.05, 3.63) is 192 Å². The summed E-state index contributed by atoms with van der Waals surface area (Å²) in [5.74, 6) is 0.278. The summed E-state index contributed by atoms with van der Waals surface area (Å²) in [5, 5.41) is 12.7. The number of rotatable bonds is 7. The number of benzene rings is 7. The van der Waals surface area contributed by atoms with E-state index in [-0.39, 0.29) is 39.2 Å². The molecule has 7 aromatic carbocycles. The largest absolute Gasteiger partial charge is 0.507 e. The lowest BCUT2D eigenvalue weighted by atomic mass is 9.79. The summed E-state index contributed by atoms with van der Waals surface area (Å²) in [6, 6.07) is 28.1. The molecule has 9 aromatic rings. The van der Waals surface area contributed by atoms with E-state index in [2.05, 4.69) is 97.0 Å². The van der Waals surface area contributed by atoms with Gasteiger partial charge in [0.25, 0.3) is 0 Å². The van der Waals surface area contributed by atoms with Gasteiger partial charge in [0.2, 0.25) is 0 Å². The molecule has 0 saturated carbocycles. The van der Waals surface area contributed by atoms with E-state index in [0.717, 1.165) is 50.2 Å². The second kappa shape index (κ2) is 16.5. The van der Waals surface area contributed by atoms with Crippen LogP contribution in [0.15, 0.2) is 170 Å². The lowest BCUT2D eigenvalue weighted by Crippen LogP contribution is -2.17. The Kier molecular flexibility index (Phi) is 8.28. The summed E-state index contributed by atoms with van der Waals surface area (Å²) in [6.45, 7) is 20.9. The van der Waals surface area contributed by atoms with Crippen molar-refractivity contribution < 1.29 is 18.8 Å². The van der Waals surface area contributed by atoms with Crippen LogP contribution in [0.25, 0.3) is 83.9 Å². The third kappa shape index (κ3) is 8.54. The van der Waals surface area contributed by atoms with Crippen LogP contribution in [0.3, 0.4) is 0 Å². The molecule has 4 heteroatoms. The highest BCUT2D eigenvalue weighted by molar-refractivity contribution is 5.98. The molecule has 0 unspecified atom stereocenters. The first-order valence-electron chi connectivity index (χ1n) is 27.0. The molecule has 65 heavy (non-hydrogen) atoms. The summed E-state index contributed by atoms with van der Waals surface area (Å²) in [7, 11) is 0. The molecule has 4 nitrogen and oxygen atoms in total. The van der Waals surface area contributed by atoms with E-state index in [9.17, 15) is 7.85 Å². The third-order valence-corrected chi connectivity index (χ3v) is 12.1. The Morgan fingerprint density at radius 3 is 1.78 bits per heavy atom.